The van der Waals surface area contributed by atoms with Crippen LogP contribution < -0.4 is 0 Å². The molecular weight excluding hydrogens is 368 g/mol. The number of ether oxygens (including phenoxy) is 1. The SMILES string of the molecule is CC.CC#CCN1CCC(C(=O)O)CC1.CC#CCN1CCC(C(=O)OC)CC1. The molecule has 0 unspecified atom stereocenters. The highest BCUT2D eigenvalue weighted by Gasteiger charge is 2.25. The number of carboxylic acids is 1. The molecule has 2 rings (SSSR count). The van der Waals surface area contributed by atoms with Gasteiger partial charge in [0, 0.05) is 0 Å². The van der Waals surface area contributed by atoms with Crippen molar-refractivity contribution in [3.63, 3.8) is 0 Å². The van der Waals surface area contributed by atoms with Crippen LogP contribution in [0.5, 0.6) is 0 Å². The van der Waals surface area contributed by atoms with E-state index in [1.807, 2.05) is 27.7 Å². The second-order valence-electron chi connectivity index (χ2n) is 6.82. The normalized spacial score (nSPS) is 17.7. The largest absolute Gasteiger partial charge is 0.481 e. The van der Waals surface area contributed by atoms with Crippen molar-refractivity contribution >= 4 is 11.9 Å². The number of aliphatic carboxylic acids is 1. The van der Waals surface area contributed by atoms with Gasteiger partial charge in [-0.3, -0.25) is 19.4 Å². The number of carbonyl (C=O) groups is 2. The lowest BCUT2D eigenvalue weighted by atomic mass is 9.97. The Kier molecular flexibility index (Phi) is 15.7. The highest BCUT2D eigenvalue weighted by molar-refractivity contribution is 5.72. The molecule has 0 amide bonds. The summed E-state index contributed by atoms with van der Waals surface area (Å²) in [5.41, 5.74) is 0. The van der Waals surface area contributed by atoms with Crippen LogP contribution in [0.25, 0.3) is 0 Å². The minimum Gasteiger partial charge on any atom is -0.481 e. The van der Waals surface area contributed by atoms with Gasteiger partial charge in [-0.25, -0.2) is 0 Å². The molecule has 0 aromatic heterocycles. The number of nitrogens with zero attached hydrogens (tertiary/aromatic N) is 2. The zero-order valence-corrected chi connectivity index (χ0v) is 18.8. The van der Waals surface area contributed by atoms with Crippen LogP contribution in [0.2, 0.25) is 0 Å². The summed E-state index contributed by atoms with van der Waals surface area (Å²) in [5.74, 6) is 11.0. The summed E-state index contributed by atoms with van der Waals surface area (Å²) >= 11 is 0. The van der Waals surface area contributed by atoms with Crippen LogP contribution in [0, 0.1) is 35.5 Å². The highest BCUT2D eigenvalue weighted by Crippen LogP contribution is 2.18. The fraction of sp³-hybridized carbons (Fsp3) is 0.739. The molecule has 0 bridgehead atoms. The maximum absolute atomic E-state index is 11.2. The summed E-state index contributed by atoms with van der Waals surface area (Å²) in [7, 11) is 1.46. The van der Waals surface area contributed by atoms with E-state index in [-0.39, 0.29) is 17.8 Å². The van der Waals surface area contributed by atoms with E-state index in [2.05, 4.69) is 33.5 Å². The van der Waals surface area contributed by atoms with Gasteiger partial charge in [0.25, 0.3) is 0 Å². The lowest BCUT2D eigenvalue weighted by Crippen LogP contribution is -2.36. The fourth-order valence-electron chi connectivity index (χ4n) is 3.21. The molecule has 29 heavy (non-hydrogen) atoms. The summed E-state index contributed by atoms with van der Waals surface area (Å²) in [6.45, 7) is 12.9. The van der Waals surface area contributed by atoms with Gasteiger partial charge in [-0.15, -0.1) is 11.8 Å². The monoisotopic (exact) mass is 406 g/mol. The molecule has 0 spiro atoms. The van der Waals surface area contributed by atoms with E-state index in [4.69, 9.17) is 9.84 Å². The Morgan fingerprint density at radius 3 is 1.55 bits per heavy atom. The highest BCUT2D eigenvalue weighted by atomic mass is 16.5. The van der Waals surface area contributed by atoms with E-state index < -0.39 is 5.97 Å². The Hall–Kier alpha value is -2.02. The maximum atomic E-state index is 11.2. The van der Waals surface area contributed by atoms with Crippen LogP contribution >= 0.6 is 0 Å². The average Bonchev–Trinajstić information content (AvgIpc) is 2.78. The Labute approximate surface area is 177 Å². The minimum absolute atomic E-state index is 0.0637. The molecule has 0 aromatic carbocycles. The first kappa shape index (κ1) is 27.0. The van der Waals surface area contributed by atoms with Crippen molar-refractivity contribution < 1.29 is 19.4 Å². The number of carbonyl (C=O) groups excluding carboxylic acids is 1. The Bertz CT molecular complexity index is 581. The first-order valence-corrected chi connectivity index (χ1v) is 10.6. The number of rotatable bonds is 4. The maximum Gasteiger partial charge on any atom is 0.308 e. The molecule has 2 fully saturated rings. The van der Waals surface area contributed by atoms with Crippen LogP contribution in [0.3, 0.4) is 0 Å². The molecule has 1 N–H and O–H groups in total. The fourth-order valence-corrected chi connectivity index (χ4v) is 3.21. The van der Waals surface area contributed by atoms with Crippen LogP contribution in [-0.4, -0.2) is 73.2 Å². The van der Waals surface area contributed by atoms with Crippen molar-refractivity contribution in [1.82, 2.24) is 9.80 Å². The molecule has 2 heterocycles. The lowest BCUT2D eigenvalue weighted by Gasteiger charge is -2.28. The molecule has 6 heteroatoms. The van der Waals surface area contributed by atoms with Crippen molar-refractivity contribution in [2.24, 2.45) is 11.8 Å². The molecule has 0 aliphatic carbocycles. The first-order chi connectivity index (χ1) is 14.0. The molecule has 2 aliphatic heterocycles. The molecule has 0 radical (unpaired) electrons. The topological polar surface area (TPSA) is 70.1 Å². The third kappa shape index (κ3) is 11.5. The van der Waals surface area contributed by atoms with Gasteiger partial charge >= 0.3 is 11.9 Å². The number of methoxy groups -OCH3 is 1. The Morgan fingerprint density at radius 1 is 0.862 bits per heavy atom. The van der Waals surface area contributed by atoms with Gasteiger partial charge in [-0.2, -0.15) is 0 Å². The van der Waals surface area contributed by atoms with Crippen molar-refractivity contribution in [3.8, 4) is 23.7 Å². The van der Waals surface area contributed by atoms with Gasteiger partial charge in [0.15, 0.2) is 0 Å². The lowest BCUT2D eigenvalue weighted by molar-refractivity contribution is -0.147. The van der Waals surface area contributed by atoms with Crippen molar-refractivity contribution in [2.75, 3.05) is 46.4 Å². The number of hydrogen-bond donors (Lipinski definition) is 1. The number of hydrogen-bond acceptors (Lipinski definition) is 5. The molecule has 2 saturated heterocycles. The van der Waals surface area contributed by atoms with Gasteiger partial charge in [0.1, 0.15) is 0 Å². The van der Waals surface area contributed by atoms with Crippen LogP contribution in [0.15, 0.2) is 0 Å². The molecule has 0 saturated carbocycles. The second-order valence-corrected chi connectivity index (χ2v) is 6.82. The van der Waals surface area contributed by atoms with Crippen molar-refractivity contribution in [3.05, 3.63) is 0 Å². The molecule has 164 valence electrons. The van der Waals surface area contributed by atoms with E-state index in [1.165, 1.54) is 7.11 Å². The zero-order chi connectivity index (χ0) is 22.1. The van der Waals surface area contributed by atoms with E-state index in [0.29, 0.717) is 0 Å². The van der Waals surface area contributed by atoms with Crippen molar-refractivity contribution in [2.45, 2.75) is 53.4 Å². The van der Waals surface area contributed by atoms with Gasteiger partial charge in [0.05, 0.1) is 32.0 Å². The van der Waals surface area contributed by atoms with Crippen LogP contribution in [0.1, 0.15) is 53.4 Å². The number of likely N-dealkylation sites (tertiary alicyclic amines) is 2. The molecule has 0 atom stereocenters. The van der Waals surface area contributed by atoms with E-state index in [0.717, 1.165) is 65.0 Å². The average molecular weight is 407 g/mol. The third-order valence-electron chi connectivity index (χ3n) is 5.02. The van der Waals surface area contributed by atoms with Crippen LogP contribution in [0.4, 0.5) is 0 Å². The summed E-state index contributed by atoms with van der Waals surface area (Å²) in [6, 6.07) is 0. The Balaban J connectivity index is 0.000000499. The summed E-state index contributed by atoms with van der Waals surface area (Å²) in [4.78, 5) is 26.3. The smallest absolute Gasteiger partial charge is 0.308 e. The van der Waals surface area contributed by atoms with Gasteiger partial charge in [-0.05, 0) is 65.7 Å². The second kappa shape index (κ2) is 16.9. The first-order valence-electron chi connectivity index (χ1n) is 10.6. The third-order valence-corrected chi connectivity index (χ3v) is 5.02. The predicted octanol–water partition coefficient (Wildman–Crippen LogP) is 2.73. The minimum atomic E-state index is -0.652. The number of esters is 1. The van der Waals surface area contributed by atoms with Gasteiger partial charge < -0.3 is 9.84 Å². The van der Waals surface area contributed by atoms with Crippen molar-refractivity contribution in [1.29, 1.82) is 0 Å². The standard InChI is InChI=1S/C11H17NO2.C10H15NO2.C2H6/c1-3-4-7-12-8-5-10(6-9-12)11(13)14-2;1-2-3-6-11-7-4-9(5-8-11)10(12)13;1-2/h10H,5-9H2,1-2H3;9H,4-8H2,1H3,(H,12,13);1-2H3. The predicted molar refractivity (Wildman–Crippen MR) is 116 cm³/mol. The quantitative estimate of drug-likeness (QED) is 0.572. The van der Waals surface area contributed by atoms with Gasteiger partial charge in [-0.1, -0.05) is 25.7 Å². The molecule has 0 aromatic rings. The summed E-state index contributed by atoms with van der Waals surface area (Å²) in [5, 5.41) is 8.75. The molecular formula is C23H38N2O4. The van der Waals surface area contributed by atoms with E-state index >= 15 is 0 Å². The van der Waals surface area contributed by atoms with Gasteiger partial charge in [0.2, 0.25) is 0 Å². The summed E-state index contributed by atoms with van der Waals surface area (Å²) < 4.78 is 4.72. The zero-order valence-electron chi connectivity index (χ0n) is 18.8. The van der Waals surface area contributed by atoms with E-state index in [9.17, 15) is 9.59 Å². The Morgan fingerprint density at radius 2 is 1.24 bits per heavy atom. The summed E-state index contributed by atoms with van der Waals surface area (Å²) in [6.07, 6.45) is 3.33. The van der Waals surface area contributed by atoms with E-state index in [1.54, 1.807) is 0 Å². The number of piperidine rings is 2. The molecule has 6 nitrogen and oxygen atoms in total. The molecule has 2 aliphatic rings. The van der Waals surface area contributed by atoms with Crippen LogP contribution in [-0.2, 0) is 14.3 Å². The number of carboxylic acid groups (broad SMARTS) is 1.